The van der Waals surface area contributed by atoms with Gasteiger partial charge in [0.05, 0.1) is 15.5 Å². The van der Waals surface area contributed by atoms with Crippen molar-refractivity contribution in [2.45, 2.75) is 48.3 Å². The van der Waals surface area contributed by atoms with E-state index in [9.17, 15) is 8.42 Å². The lowest BCUT2D eigenvalue weighted by molar-refractivity contribution is 0.592. The molecule has 1 saturated carbocycles. The third kappa shape index (κ3) is 2.97. The Kier molecular flexibility index (Phi) is 4.12. The summed E-state index contributed by atoms with van der Waals surface area (Å²) in [4.78, 5) is 5.29. The Morgan fingerprint density at radius 3 is 2.27 bits per heavy atom. The van der Waals surface area contributed by atoms with Gasteiger partial charge in [-0.3, -0.25) is 4.98 Å². The SMILES string of the molecule is CC(C)c1nc(C2CC2)ccc1S(=O)(=O)c1ccc(Br)cc1. The van der Waals surface area contributed by atoms with Crippen LogP contribution < -0.4 is 0 Å². The van der Waals surface area contributed by atoms with E-state index in [1.165, 1.54) is 0 Å². The second kappa shape index (κ2) is 5.78. The molecule has 116 valence electrons. The van der Waals surface area contributed by atoms with Crippen molar-refractivity contribution in [3.05, 3.63) is 52.3 Å². The minimum atomic E-state index is -3.54. The quantitative estimate of drug-likeness (QED) is 0.774. The fourth-order valence-electron chi connectivity index (χ4n) is 2.47. The molecule has 1 heterocycles. The average Bonchev–Trinajstić information content (AvgIpc) is 3.31. The number of hydrogen-bond donors (Lipinski definition) is 0. The van der Waals surface area contributed by atoms with E-state index in [-0.39, 0.29) is 5.92 Å². The zero-order chi connectivity index (χ0) is 15.9. The molecule has 2 aromatic rings. The molecule has 0 amide bonds. The summed E-state index contributed by atoms with van der Waals surface area (Å²) in [5.74, 6) is 0.584. The fraction of sp³-hybridized carbons (Fsp3) is 0.353. The smallest absolute Gasteiger partial charge is 0.208 e. The summed E-state index contributed by atoms with van der Waals surface area (Å²) < 4.78 is 26.7. The number of sulfone groups is 1. The van der Waals surface area contributed by atoms with E-state index in [1.807, 2.05) is 19.9 Å². The maximum Gasteiger partial charge on any atom is 0.208 e. The molecule has 1 aliphatic carbocycles. The lowest BCUT2D eigenvalue weighted by atomic mass is 10.1. The molecule has 1 aliphatic rings. The molecule has 3 nitrogen and oxygen atoms in total. The molecule has 22 heavy (non-hydrogen) atoms. The van der Waals surface area contributed by atoms with Gasteiger partial charge in [-0.1, -0.05) is 29.8 Å². The Morgan fingerprint density at radius 2 is 1.73 bits per heavy atom. The van der Waals surface area contributed by atoms with E-state index < -0.39 is 9.84 Å². The van der Waals surface area contributed by atoms with E-state index in [4.69, 9.17) is 0 Å². The van der Waals surface area contributed by atoms with Crippen molar-refractivity contribution in [2.24, 2.45) is 0 Å². The maximum absolute atomic E-state index is 12.9. The van der Waals surface area contributed by atoms with Gasteiger partial charge < -0.3 is 0 Å². The van der Waals surface area contributed by atoms with E-state index in [2.05, 4.69) is 20.9 Å². The molecule has 0 spiro atoms. The summed E-state index contributed by atoms with van der Waals surface area (Å²) in [7, 11) is -3.54. The molecule has 0 N–H and O–H groups in total. The van der Waals surface area contributed by atoms with E-state index in [1.54, 1.807) is 30.3 Å². The van der Waals surface area contributed by atoms with Crippen LogP contribution in [0.4, 0.5) is 0 Å². The summed E-state index contributed by atoms with van der Waals surface area (Å²) in [6.07, 6.45) is 2.31. The van der Waals surface area contributed by atoms with Crippen molar-refractivity contribution in [3.8, 4) is 0 Å². The monoisotopic (exact) mass is 379 g/mol. The number of hydrogen-bond acceptors (Lipinski definition) is 3. The van der Waals surface area contributed by atoms with Gasteiger partial charge in [-0.15, -0.1) is 0 Å². The van der Waals surface area contributed by atoms with Crippen LogP contribution in [0, 0.1) is 0 Å². The highest BCUT2D eigenvalue weighted by Gasteiger charge is 2.29. The molecule has 0 aliphatic heterocycles. The standard InChI is InChI=1S/C17H18BrNO2S/c1-11(2)17-16(10-9-15(19-17)12-3-4-12)22(20,21)14-7-5-13(18)6-8-14/h5-12H,3-4H2,1-2H3. The van der Waals surface area contributed by atoms with E-state index in [0.717, 1.165) is 23.0 Å². The summed E-state index contributed by atoms with van der Waals surface area (Å²) in [6, 6.07) is 10.3. The van der Waals surface area contributed by atoms with Crippen molar-refractivity contribution in [3.63, 3.8) is 0 Å². The van der Waals surface area contributed by atoms with Gasteiger partial charge in [0.25, 0.3) is 0 Å². The topological polar surface area (TPSA) is 47.0 Å². The fourth-order valence-corrected chi connectivity index (χ4v) is 4.28. The molecular formula is C17H18BrNO2S. The Bertz CT molecular complexity index is 794. The molecule has 0 unspecified atom stereocenters. The number of halogens is 1. The van der Waals surface area contributed by atoms with Gasteiger partial charge in [0.2, 0.25) is 9.84 Å². The minimum Gasteiger partial charge on any atom is -0.256 e. The first-order valence-electron chi connectivity index (χ1n) is 7.41. The lowest BCUT2D eigenvalue weighted by Crippen LogP contribution is -2.10. The summed E-state index contributed by atoms with van der Waals surface area (Å²) in [6.45, 7) is 3.97. The first-order valence-corrected chi connectivity index (χ1v) is 9.68. The Morgan fingerprint density at radius 1 is 1.09 bits per heavy atom. The Labute approximate surface area is 139 Å². The third-order valence-corrected chi connectivity index (χ3v) is 6.21. The van der Waals surface area contributed by atoms with Crippen molar-refractivity contribution in [1.29, 1.82) is 0 Å². The van der Waals surface area contributed by atoms with Gasteiger partial charge in [-0.05, 0) is 55.2 Å². The van der Waals surface area contributed by atoms with Gasteiger partial charge in [-0.2, -0.15) is 0 Å². The van der Waals surface area contributed by atoms with Crippen LogP contribution >= 0.6 is 15.9 Å². The van der Waals surface area contributed by atoms with Crippen LogP contribution in [0.5, 0.6) is 0 Å². The number of aromatic nitrogens is 1. The summed E-state index contributed by atoms with van der Waals surface area (Å²) >= 11 is 3.33. The van der Waals surface area contributed by atoms with Crippen LogP contribution in [0.1, 0.15) is 49.9 Å². The predicted octanol–water partition coefficient (Wildman–Crippen LogP) is 4.68. The first-order chi connectivity index (χ1) is 10.4. The Balaban J connectivity index is 2.11. The van der Waals surface area contributed by atoms with Crippen molar-refractivity contribution in [2.75, 3.05) is 0 Å². The zero-order valence-corrected chi connectivity index (χ0v) is 15.0. The molecule has 1 aromatic heterocycles. The first kappa shape index (κ1) is 15.7. The third-order valence-electron chi connectivity index (χ3n) is 3.86. The second-order valence-electron chi connectivity index (χ2n) is 6.01. The summed E-state index contributed by atoms with van der Waals surface area (Å²) in [5, 5.41) is 0. The molecule has 5 heteroatoms. The number of rotatable bonds is 4. The van der Waals surface area contributed by atoms with E-state index in [0.29, 0.717) is 21.4 Å². The van der Waals surface area contributed by atoms with Gasteiger partial charge in [-0.25, -0.2) is 8.42 Å². The van der Waals surface area contributed by atoms with Gasteiger partial charge >= 0.3 is 0 Å². The molecule has 1 aromatic carbocycles. The molecule has 0 radical (unpaired) electrons. The van der Waals surface area contributed by atoms with Crippen LogP contribution in [0.2, 0.25) is 0 Å². The number of pyridine rings is 1. The molecule has 3 rings (SSSR count). The zero-order valence-electron chi connectivity index (χ0n) is 12.6. The Hall–Kier alpha value is -1.20. The van der Waals surface area contributed by atoms with Gasteiger partial charge in [0, 0.05) is 16.1 Å². The highest BCUT2D eigenvalue weighted by molar-refractivity contribution is 9.10. The largest absolute Gasteiger partial charge is 0.256 e. The summed E-state index contributed by atoms with van der Waals surface area (Å²) in [5.41, 5.74) is 1.70. The normalized spacial score (nSPS) is 15.3. The van der Waals surface area contributed by atoms with Gasteiger partial charge in [0.15, 0.2) is 0 Å². The molecule has 0 bridgehead atoms. The second-order valence-corrected chi connectivity index (χ2v) is 8.84. The molecule has 0 atom stereocenters. The number of nitrogens with zero attached hydrogens (tertiary/aromatic N) is 1. The van der Waals surface area contributed by atoms with Crippen LogP contribution in [0.3, 0.4) is 0 Å². The van der Waals surface area contributed by atoms with Crippen molar-refractivity contribution >= 4 is 25.8 Å². The number of benzene rings is 1. The van der Waals surface area contributed by atoms with Crippen molar-refractivity contribution < 1.29 is 8.42 Å². The van der Waals surface area contributed by atoms with E-state index >= 15 is 0 Å². The molecule has 0 saturated heterocycles. The minimum absolute atomic E-state index is 0.0684. The lowest BCUT2D eigenvalue weighted by Gasteiger charge is -2.14. The molecule has 1 fully saturated rings. The highest BCUT2D eigenvalue weighted by atomic mass is 79.9. The van der Waals surface area contributed by atoms with Gasteiger partial charge in [0.1, 0.15) is 0 Å². The average molecular weight is 380 g/mol. The highest BCUT2D eigenvalue weighted by Crippen LogP contribution is 2.40. The van der Waals surface area contributed by atoms with Crippen LogP contribution in [-0.2, 0) is 9.84 Å². The molecular weight excluding hydrogens is 362 g/mol. The van der Waals surface area contributed by atoms with Crippen LogP contribution in [0.15, 0.2) is 50.7 Å². The van der Waals surface area contributed by atoms with Crippen molar-refractivity contribution in [1.82, 2.24) is 4.98 Å². The van der Waals surface area contributed by atoms with Crippen LogP contribution in [-0.4, -0.2) is 13.4 Å². The maximum atomic E-state index is 12.9. The van der Waals surface area contributed by atoms with Crippen LogP contribution in [0.25, 0.3) is 0 Å². The predicted molar refractivity (Wildman–Crippen MR) is 89.9 cm³/mol.